The standard InChI is InChI=1S/C19H27NO4/c1-19(2,3)24-18(21)20-11-7-8-12-23-17(13-20)15-22-14-16-9-5-4-6-10-16/h4-10,17H,11-15H2,1-3H3/t17-/m0/s1. The van der Waals surface area contributed by atoms with Crippen LogP contribution in [0.4, 0.5) is 4.79 Å². The SMILES string of the molecule is CC(C)(C)OC(=O)N1CC=CCO[C@H](COCc2ccccc2)C1. The molecule has 0 saturated carbocycles. The lowest BCUT2D eigenvalue weighted by atomic mass is 10.2. The number of amides is 1. The van der Waals surface area contributed by atoms with Crippen LogP contribution in [0.5, 0.6) is 0 Å². The lowest BCUT2D eigenvalue weighted by Crippen LogP contribution is -2.44. The molecule has 0 bridgehead atoms. The molecule has 5 heteroatoms. The van der Waals surface area contributed by atoms with Crippen molar-refractivity contribution in [3.05, 3.63) is 48.0 Å². The number of carbonyl (C=O) groups excluding carboxylic acids is 1. The highest BCUT2D eigenvalue weighted by atomic mass is 16.6. The van der Waals surface area contributed by atoms with Gasteiger partial charge in [0.2, 0.25) is 0 Å². The van der Waals surface area contributed by atoms with E-state index in [2.05, 4.69) is 0 Å². The molecule has 1 amide bonds. The monoisotopic (exact) mass is 333 g/mol. The molecule has 0 fully saturated rings. The minimum absolute atomic E-state index is 0.175. The van der Waals surface area contributed by atoms with E-state index in [0.717, 1.165) is 5.56 Å². The van der Waals surface area contributed by atoms with Crippen LogP contribution in [0, 0.1) is 0 Å². The van der Waals surface area contributed by atoms with Crippen molar-refractivity contribution in [2.24, 2.45) is 0 Å². The molecule has 1 aromatic rings. The zero-order chi connectivity index (χ0) is 17.4. The third kappa shape index (κ3) is 6.72. The number of rotatable bonds is 4. The molecule has 1 atom stereocenters. The van der Waals surface area contributed by atoms with E-state index >= 15 is 0 Å². The predicted molar refractivity (Wildman–Crippen MR) is 92.8 cm³/mol. The molecule has 0 saturated heterocycles. The van der Waals surface area contributed by atoms with Crippen LogP contribution in [0.25, 0.3) is 0 Å². The summed E-state index contributed by atoms with van der Waals surface area (Å²) in [5.41, 5.74) is 0.607. The first kappa shape index (κ1) is 18.5. The molecule has 1 aromatic carbocycles. The molecule has 1 aliphatic heterocycles. The molecular formula is C19H27NO4. The number of carbonyl (C=O) groups is 1. The molecule has 0 spiro atoms. The van der Waals surface area contributed by atoms with Crippen molar-refractivity contribution in [3.8, 4) is 0 Å². The number of nitrogens with zero attached hydrogens (tertiary/aromatic N) is 1. The Morgan fingerprint density at radius 1 is 1.25 bits per heavy atom. The van der Waals surface area contributed by atoms with Crippen molar-refractivity contribution in [2.75, 3.05) is 26.3 Å². The fourth-order valence-electron chi connectivity index (χ4n) is 2.29. The maximum absolute atomic E-state index is 12.3. The van der Waals surface area contributed by atoms with Gasteiger partial charge in [0, 0.05) is 6.54 Å². The largest absolute Gasteiger partial charge is 0.444 e. The van der Waals surface area contributed by atoms with Gasteiger partial charge in [-0.2, -0.15) is 0 Å². The molecule has 0 N–H and O–H groups in total. The summed E-state index contributed by atoms with van der Waals surface area (Å²) in [5.74, 6) is 0. The third-order valence-corrected chi connectivity index (χ3v) is 3.41. The van der Waals surface area contributed by atoms with Gasteiger partial charge >= 0.3 is 6.09 Å². The summed E-state index contributed by atoms with van der Waals surface area (Å²) in [5, 5.41) is 0. The first-order valence-corrected chi connectivity index (χ1v) is 8.30. The van der Waals surface area contributed by atoms with Gasteiger partial charge in [-0.3, -0.25) is 0 Å². The Hall–Kier alpha value is -1.85. The van der Waals surface area contributed by atoms with Gasteiger partial charge in [0.05, 0.1) is 32.5 Å². The van der Waals surface area contributed by atoms with Gasteiger partial charge in [-0.05, 0) is 26.3 Å². The van der Waals surface area contributed by atoms with E-state index < -0.39 is 5.60 Å². The summed E-state index contributed by atoms with van der Waals surface area (Å²) in [6, 6.07) is 10.00. The van der Waals surface area contributed by atoms with Gasteiger partial charge < -0.3 is 19.1 Å². The van der Waals surface area contributed by atoms with Crippen molar-refractivity contribution in [2.45, 2.75) is 39.1 Å². The highest BCUT2D eigenvalue weighted by molar-refractivity contribution is 5.68. The molecule has 1 heterocycles. The minimum atomic E-state index is -0.511. The summed E-state index contributed by atoms with van der Waals surface area (Å²) >= 11 is 0. The topological polar surface area (TPSA) is 48.0 Å². The summed E-state index contributed by atoms with van der Waals surface area (Å²) in [6.45, 7) is 8.05. The smallest absolute Gasteiger partial charge is 0.410 e. The van der Waals surface area contributed by atoms with Crippen LogP contribution in [0.15, 0.2) is 42.5 Å². The van der Waals surface area contributed by atoms with E-state index in [1.54, 1.807) is 4.90 Å². The molecule has 1 aliphatic rings. The Kier molecular flexibility index (Phi) is 6.82. The van der Waals surface area contributed by atoms with Gasteiger partial charge in [-0.15, -0.1) is 0 Å². The van der Waals surface area contributed by atoms with Crippen LogP contribution < -0.4 is 0 Å². The normalized spacial score (nSPS) is 18.8. The number of benzene rings is 1. The van der Waals surface area contributed by atoms with E-state index in [4.69, 9.17) is 14.2 Å². The summed E-state index contributed by atoms with van der Waals surface area (Å²) < 4.78 is 17.0. The average Bonchev–Trinajstić information content (AvgIpc) is 2.48. The first-order chi connectivity index (χ1) is 11.4. The molecule has 0 aliphatic carbocycles. The minimum Gasteiger partial charge on any atom is -0.444 e. The number of hydrogen-bond donors (Lipinski definition) is 0. The van der Waals surface area contributed by atoms with Crippen LogP contribution in [0.2, 0.25) is 0 Å². The van der Waals surface area contributed by atoms with Gasteiger partial charge in [0.25, 0.3) is 0 Å². The Morgan fingerprint density at radius 3 is 2.71 bits per heavy atom. The second-order valence-corrected chi connectivity index (χ2v) is 6.81. The van der Waals surface area contributed by atoms with Gasteiger partial charge in [0.15, 0.2) is 0 Å². The van der Waals surface area contributed by atoms with Gasteiger partial charge in [-0.1, -0.05) is 42.5 Å². The molecule has 0 radical (unpaired) electrons. The van der Waals surface area contributed by atoms with Gasteiger partial charge in [0.1, 0.15) is 5.60 Å². The second-order valence-electron chi connectivity index (χ2n) is 6.81. The maximum Gasteiger partial charge on any atom is 0.410 e. The number of ether oxygens (including phenoxy) is 3. The summed E-state index contributed by atoms with van der Waals surface area (Å²) in [7, 11) is 0. The second kappa shape index (κ2) is 8.85. The Balaban J connectivity index is 1.86. The van der Waals surface area contributed by atoms with Crippen molar-refractivity contribution in [1.29, 1.82) is 0 Å². The molecular weight excluding hydrogens is 306 g/mol. The van der Waals surface area contributed by atoms with Crippen molar-refractivity contribution in [3.63, 3.8) is 0 Å². The van der Waals surface area contributed by atoms with E-state index in [1.807, 2.05) is 63.3 Å². The Bertz CT molecular complexity index is 536. The maximum atomic E-state index is 12.3. The third-order valence-electron chi connectivity index (χ3n) is 3.41. The average molecular weight is 333 g/mol. The fourth-order valence-corrected chi connectivity index (χ4v) is 2.29. The summed E-state index contributed by atoms with van der Waals surface area (Å²) in [6.07, 6.45) is 3.34. The molecule has 0 unspecified atom stereocenters. The highest BCUT2D eigenvalue weighted by Crippen LogP contribution is 2.12. The number of hydrogen-bond acceptors (Lipinski definition) is 4. The van der Waals surface area contributed by atoms with Crippen LogP contribution in [0.3, 0.4) is 0 Å². The van der Waals surface area contributed by atoms with Crippen LogP contribution in [-0.2, 0) is 20.8 Å². The van der Waals surface area contributed by atoms with E-state index in [0.29, 0.717) is 32.9 Å². The van der Waals surface area contributed by atoms with E-state index in [9.17, 15) is 4.79 Å². The predicted octanol–water partition coefficient (Wildman–Crippen LogP) is 3.40. The van der Waals surface area contributed by atoms with Crippen LogP contribution in [-0.4, -0.2) is 49.0 Å². The fraction of sp³-hybridized carbons (Fsp3) is 0.526. The molecule has 24 heavy (non-hydrogen) atoms. The first-order valence-electron chi connectivity index (χ1n) is 8.30. The quantitative estimate of drug-likeness (QED) is 0.793. The van der Waals surface area contributed by atoms with E-state index in [1.165, 1.54) is 0 Å². The summed E-state index contributed by atoms with van der Waals surface area (Å²) in [4.78, 5) is 13.9. The van der Waals surface area contributed by atoms with Gasteiger partial charge in [-0.25, -0.2) is 4.79 Å². The molecule has 2 rings (SSSR count). The highest BCUT2D eigenvalue weighted by Gasteiger charge is 2.25. The van der Waals surface area contributed by atoms with E-state index in [-0.39, 0.29) is 12.2 Å². The van der Waals surface area contributed by atoms with Crippen molar-refractivity contribution in [1.82, 2.24) is 4.90 Å². The Labute approximate surface area is 144 Å². The zero-order valence-corrected chi connectivity index (χ0v) is 14.7. The van der Waals surface area contributed by atoms with Crippen LogP contribution >= 0.6 is 0 Å². The molecule has 0 aromatic heterocycles. The zero-order valence-electron chi connectivity index (χ0n) is 14.7. The van der Waals surface area contributed by atoms with Crippen LogP contribution in [0.1, 0.15) is 26.3 Å². The van der Waals surface area contributed by atoms with Crippen molar-refractivity contribution < 1.29 is 19.0 Å². The molecule has 132 valence electrons. The lowest BCUT2D eigenvalue weighted by Gasteiger charge is -2.30. The van der Waals surface area contributed by atoms with Crippen molar-refractivity contribution >= 4 is 6.09 Å². The Morgan fingerprint density at radius 2 is 2.00 bits per heavy atom. The molecule has 5 nitrogen and oxygen atoms in total. The lowest BCUT2D eigenvalue weighted by molar-refractivity contribution is -0.0348.